The first-order valence-electron chi connectivity index (χ1n) is 14.1. The molecule has 0 N–H and O–H groups in total. The van der Waals surface area contributed by atoms with Crippen molar-refractivity contribution in [3.63, 3.8) is 0 Å². The summed E-state index contributed by atoms with van der Waals surface area (Å²) >= 11 is 2.78. The van der Waals surface area contributed by atoms with E-state index >= 15 is 0 Å². The molecule has 4 aromatic rings. The molecular weight excluding hydrogens is 583 g/mol. The van der Waals surface area contributed by atoms with Crippen LogP contribution in [-0.4, -0.2) is 23.8 Å². The first kappa shape index (κ1) is 30.0. The largest absolute Gasteiger partial charge is 0.490 e. The summed E-state index contributed by atoms with van der Waals surface area (Å²) in [5.74, 6) is 0.621. The predicted octanol–water partition coefficient (Wildman–Crippen LogP) is 5.49. The van der Waals surface area contributed by atoms with Crippen LogP contribution in [0.3, 0.4) is 0 Å². The Kier molecular flexibility index (Phi) is 9.55. The van der Waals surface area contributed by atoms with Gasteiger partial charge in [-0.15, -0.1) is 11.3 Å². The first-order valence-corrected chi connectivity index (χ1v) is 15.8. The molecule has 10 heteroatoms. The average molecular weight is 614 g/mol. The molecule has 0 fully saturated rings. The van der Waals surface area contributed by atoms with Crippen molar-refractivity contribution in [2.45, 2.75) is 46.3 Å². The Morgan fingerprint density at radius 2 is 1.91 bits per heavy atom. The van der Waals surface area contributed by atoms with E-state index in [1.807, 2.05) is 61.7 Å². The van der Waals surface area contributed by atoms with Crippen LogP contribution in [0.5, 0.6) is 11.5 Å². The Hall–Kier alpha value is -4.46. The van der Waals surface area contributed by atoms with Gasteiger partial charge in [-0.2, -0.15) is 5.26 Å². The zero-order chi connectivity index (χ0) is 30.3. The fourth-order valence-electron chi connectivity index (χ4n) is 4.90. The van der Waals surface area contributed by atoms with E-state index in [2.05, 4.69) is 6.07 Å². The number of aromatic nitrogens is 1. The van der Waals surface area contributed by atoms with Gasteiger partial charge in [-0.3, -0.25) is 9.36 Å². The van der Waals surface area contributed by atoms with Gasteiger partial charge < -0.3 is 14.2 Å². The summed E-state index contributed by atoms with van der Waals surface area (Å²) in [4.78, 5) is 33.4. The van der Waals surface area contributed by atoms with Gasteiger partial charge in [-0.05, 0) is 61.6 Å². The maximum atomic E-state index is 13.9. The van der Waals surface area contributed by atoms with Crippen molar-refractivity contribution >= 4 is 34.7 Å². The first-order chi connectivity index (χ1) is 21.0. The lowest BCUT2D eigenvalue weighted by Gasteiger charge is -2.24. The highest BCUT2D eigenvalue weighted by Crippen LogP contribution is 2.35. The summed E-state index contributed by atoms with van der Waals surface area (Å²) < 4.78 is 19.5. The molecule has 0 spiro atoms. The molecule has 2 aromatic carbocycles. The van der Waals surface area contributed by atoms with Gasteiger partial charge in [0.2, 0.25) is 0 Å². The van der Waals surface area contributed by atoms with Crippen LogP contribution >= 0.6 is 22.7 Å². The normalized spacial score (nSPS) is 14.6. The molecule has 3 heterocycles. The van der Waals surface area contributed by atoms with Crippen LogP contribution in [0.2, 0.25) is 0 Å². The number of benzene rings is 2. The monoisotopic (exact) mass is 613 g/mol. The molecule has 0 bridgehead atoms. The Balaban J connectivity index is 1.56. The second kappa shape index (κ2) is 13.7. The van der Waals surface area contributed by atoms with Gasteiger partial charge in [0.05, 0.1) is 40.6 Å². The van der Waals surface area contributed by atoms with Gasteiger partial charge in [0, 0.05) is 10.4 Å². The van der Waals surface area contributed by atoms with Crippen LogP contribution in [0, 0.1) is 11.3 Å². The maximum Gasteiger partial charge on any atom is 0.338 e. The SMILES string of the molecule is CCCC1=C(C(=O)OCC)[C@H](c2cccs2)n2c(s/c(=C/c3ccc(OCc4ccccc4C#N)c(OCC)c3)c2=O)=N1. The number of hydrogen-bond donors (Lipinski definition) is 0. The van der Waals surface area contributed by atoms with Crippen LogP contribution < -0.4 is 24.4 Å². The zero-order valence-corrected chi connectivity index (χ0v) is 25.8. The number of fused-ring (bicyclic) bond motifs is 1. The molecule has 0 saturated carbocycles. The number of thiazole rings is 1. The second-order valence-electron chi connectivity index (χ2n) is 9.63. The van der Waals surface area contributed by atoms with Crippen molar-refractivity contribution in [3.05, 3.63) is 113 Å². The number of ether oxygens (including phenoxy) is 3. The highest BCUT2D eigenvalue weighted by Gasteiger charge is 2.34. The van der Waals surface area contributed by atoms with Crippen molar-refractivity contribution in [1.82, 2.24) is 4.57 Å². The average Bonchev–Trinajstić information content (AvgIpc) is 3.65. The van der Waals surface area contributed by atoms with Crippen molar-refractivity contribution in [1.29, 1.82) is 5.26 Å². The Morgan fingerprint density at radius 1 is 1.07 bits per heavy atom. The Morgan fingerprint density at radius 3 is 2.63 bits per heavy atom. The number of esters is 1. The van der Waals surface area contributed by atoms with E-state index in [0.717, 1.165) is 22.4 Å². The van der Waals surface area contributed by atoms with Gasteiger partial charge in [0.25, 0.3) is 5.56 Å². The fraction of sp³-hybridized carbons (Fsp3) is 0.273. The quantitative estimate of drug-likeness (QED) is 0.207. The molecule has 220 valence electrons. The molecule has 2 aromatic heterocycles. The van der Waals surface area contributed by atoms with Gasteiger partial charge in [-0.25, -0.2) is 9.79 Å². The summed E-state index contributed by atoms with van der Waals surface area (Å²) in [6, 6.07) is 18.2. The molecule has 5 rings (SSSR count). The lowest BCUT2D eigenvalue weighted by molar-refractivity contribution is -0.139. The molecule has 0 radical (unpaired) electrons. The van der Waals surface area contributed by atoms with Gasteiger partial charge in [0.1, 0.15) is 12.6 Å². The number of hydrogen-bond acceptors (Lipinski definition) is 9. The minimum atomic E-state index is -0.606. The number of allylic oxidation sites excluding steroid dienone is 1. The topological polar surface area (TPSA) is 103 Å². The van der Waals surface area contributed by atoms with E-state index in [1.54, 1.807) is 29.7 Å². The number of carbonyl (C=O) groups is 1. The summed E-state index contributed by atoms with van der Waals surface area (Å²) in [5.41, 5.74) is 2.94. The lowest BCUT2D eigenvalue weighted by Crippen LogP contribution is -2.39. The van der Waals surface area contributed by atoms with Crippen molar-refractivity contribution < 1.29 is 19.0 Å². The Bertz CT molecular complexity index is 1880. The fourth-order valence-corrected chi connectivity index (χ4v) is 6.74. The third-order valence-corrected chi connectivity index (χ3v) is 8.70. The van der Waals surface area contributed by atoms with E-state index in [-0.39, 0.29) is 18.8 Å². The number of nitrogens with zero attached hydrogens (tertiary/aromatic N) is 3. The predicted molar refractivity (Wildman–Crippen MR) is 167 cm³/mol. The number of thiophene rings is 1. The van der Waals surface area contributed by atoms with Crippen LogP contribution in [0.25, 0.3) is 6.08 Å². The molecule has 0 unspecified atom stereocenters. The molecule has 1 atom stereocenters. The number of rotatable bonds is 11. The summed E-state index contributed by atoms with van der Waals surface area (Å²) in [6.45, 7) is 6.56. The molecule has 8 nitrogen and oxygen atoms in total. The standard InChI is InChI=1S/C33H31N3O5S2/c1-4-10-24-29(32(38)40-6-3)30(27-13-9-16-42-27)36-31(37)28(43-33(36)35-24)18-21-14-15-25(26(17-21)39-5-2)41-20-23-12-8-7-11-22(23)19-34/h7-9,11-18,30H,4-6,10,20H2,1-3H3/b28-18+/t30-/m0/s1. The summed E-state index contributed by atoms with van der Waals surface area (Å²) in [5, 5.41) is 11.3. The van der Waals surface area contributed by atoms with Crippen LogP contribution in [-0.2, 0) is 16.1 Å². The molecule has 0 amide bonds. The van der Waals surface area contributed by atoms with Crippen molar-refractivity contribution in [2.24, 2.45) is 4.99 Å². The van der Waals surface area contributed by atoms with Gasteiger partial charge in [0.15, 0.2) is 16.3 Å². The van der Waals surface area contributed by atoms with Gasteiger partial charge in [-0.1, -0.05) is 55.0 Å². The van der Waals surface area contributed by atoms with E-state index in [0.29, 0.717) is 50.7 Å². The molecule has 1 aliphatic heterocycles. The molecule has 0 saturated heterocycles. The summed E-state index contributed by atoms with van der Waals surface area (Å²) in [7, 11) is 0. The van der Waals surface area contributed by atoms with E-state index in [9.17, 15) is 14.9 Å². The van der Waals surface area contributed by atoms with E-state index in [4.69, 9.17) is 19.2 Å². The van der Waals surface area contributed by atoms with Crippen LogP contribution in [0.15, 0.2) is 81.0 Å². The molecule has 1 aliphatic rings. The van der Waals surface area contributed by atoms with Gasteiger partial charge >= 0.3 is 5.97 Å². The number of nitriles is 1. The molecule has 0 aliphatic carbocycles. The van der Waals surface area contributed by atoms with E-state index < -0.39 is 12.0 Å². The smallest absolute Gasteiger partial charge is 0.338 e. The zero-order valence-electron chi connectivity index (χ0n) is 24.2. The second-order valence-corrected chi connectivity index (χ2v) is 11.6. The van der Waals surface area contributed by atoms with Crippen LogP contribution in [0.1, 0.15) is 61.2 Å². The minimum absolute atomic E-state index is 0.216. The Labute approximate surface area is 257 Å². The summed E-state index contributed by atoms with van der Waals surface area (Å²) in [6.07, 6.45) is 3.20. The minimum Gasteiger partial charge on any atom is -0.490 e. The molecule has 43 heavy (non-hydrogen) atoms. The lowest BCUT2D eigenvalue weighted by atomic mass is 9.99. The molecular formula is C33H31N3O5S2. The van der Waals surface area contributed by atoms with Crippen molar-refractivity contribution in [2.75, 3.05) is 13.2 Å². The third-order valence-electron chi connectivity index (χ3n) is 6.79. The van der Waals surface area contributed by atoms with Crippen molar-refractivity contribution in [3.8, 4) is 17.6 Å². The number of carbonyl (C=O) groups excluding carboxylic acids is 1. The van der Waals surface area contributed by atoms with E-state index in [1.165, 1.54) is 22.7 Å². The highest BCUT2D eigenvalue weighted by molar-refractivity contribution is 7.10. The van der Waals surface area contributed by atoms with Crippen LogP contribution in [0.4, 0.5) is 0 Å². The highest BCUT2D eigenvalue weighted by atomic mass is 32.1. The maximum absolute atomic E-state index is 13.9. The third kappa shape index (κ3) is 6.33.